The molecule has 0 aliphatic carbocycles. The number of rotatable bonds is 3. The Morgan fingerprint density at radius 1 is 0.395 bits per heavy atom. The molecule has 0 atom stereocenters. The number of fused-ring (bicyclic) bond motifs is 6. The van der Waals surface area contributed by atoms with Gasteiger partial charge in [-0.1, -0.05) is 140 Å². The monoisotopic (exact) mass is 544 g/mol. The lowest BCUT2D eigenvalue weighted by Gasteiger charge is -2.20. The molecule has 0 spiro atoms. The number of furan rings is 1. The van der Waals surface area contributed by atoms with E-state index in [0.29, 0.717) is 0 Å². The lowest BCUT2D eigenvalue weighted by molar-refractivity contribution is 0.670. The molecule has 0 aliphatic rings. The summed E-state index contributed by atoms with van der Waals surface area (Å²) in [5, 5.41) is 9.49. The SMILES string of the molecule is c1ccc2oc3c(-c4ccccc4-c4c5ccccc5c(-c5cccc6ccccc56)c5ccccc45)cccc3c2c#1. The van der Waals surface area contributed by atoms with E-state index in [1.54, 1.807) is 0 Å². The Morgan fingerprint density at radius 2 is 0.907 bits per heavy atom. The van der Waals surface area contributed by atoms with Crippen molar-refractivity contribution in [2.75, 3.05) is 0 Å². The highest BCUT2D eigenvalue weighted by Gasteiger charge is 2.21. The average Bonchev–Trinajstić information content (AvgIpc) is 3.46. The highest BCUT2D eigenvalue weighted by Crippen LogP contribution is 2.48. The zero-order chi connectivity index (χ0) is 28.3. The fourth-order valence-corrected chi connectivity index (χ4v) is 6.92. The van der Waals surface area contributed by atoms with Crippen LogP contribution in [0.2, 0.25) is 0 Å². The average molecular weight is 545 g/mol. The molecule has 0 aliphatic heterocycles. The minimum atomic E-state index is 0.828. The van der Waals surface area contributed by atoms with Gasteiger partial charge in [-0.3, -0.25) is 0 Å². The van der Waals surface area contributed by atoms with Crippen LogP contribution in [0.15, 0.2) is 150 Å². The number of benzene rings is 7. The van der Waals surface area contributed by atoms with Gasteiger partial charge in [0.25, 0.3) is 0 Å². The van der Waals surface area contributed by atoms with Gasteiger partial charge in [-0.15, -0.1) is 0 Å². The first-order valence-corrected chi connectivity index (χ1v) is 14.6. The minimum Gasteiger partial charge on any atom is -0.455 e. The van der Waals surface area contributed by atoms with Crippen LogP contribution in [0.3, 0.4) is 0 Å². The Labute approximate surface area is 249 Å². The zero-order valence-corrected chi connectivity index (χ0v) is 23.3. The van der Waals surface area contributed by atoms with E-state index in [1.165, 1.54) is 54.6 Å². The van der Waals surface area contributed by atoms with Crippen LogP contribution < -0.4 is 0 Å². The van der Waals surface area contributed by atoms with Crippen molar-refractivity contribution in [2.45, 2.75) is 0 Å². The van der Waals surface area contributed by atoms with Crippen LogP contribution >= 0.6 is 0 Å². The molecule has 1 aromatic heterocycles. The van der Waals surface area contributed by atoms with E-state index in [2.05, 4.69) is 146 Å². The predicted molar refractivity (Wildman–Crippen MR) is 180 cm³/mol. The van der Waals surface area contributed by atoms with E-state index >= 15 is 0 Å². The third kappa shape index (κ3) is 3.54. The number of para-hydroxylation sites is 1. The van der Waals surface area contributed by atoms with Gasteiger partial charge >= 0.3 is 0 Å². The highest BCUT2D eigenvalue weighted by atomic mass is 16.3. The molecule has 0 amide bonds. The van der Waals surface area contributed by atoms with E-state index in [9.17, 15) is 0 Å². The summed E-state index contributed by atoms with van der Waals surface area (Å²) in [4.78, 5) is 0. The van der Waals surface area contributed by atoms with Gasteiger partial charge in [0.15, 0.2) is 0 Å². The van der Waals surface area contributed by atoms with E-state index in [1.807, 2.05) is 12.1 Å². The summed E-state index contributed by atoms with van der Waals surface area (Å²) in [6.45, 7) is 0. The topological polar surface area (TPSA) is 13.1 Å². The Hall–Kier alpha value is -5.84. The smallest absolute Gasteiger partial charge is 0.144 e. The van der Waals surface area contributed by atoms with Crippen molar-refractivity contribution in [3.8, 4) is 33.4 Å². The summed E-state index contributed by atoms with van der Waals surface area (Å²) >= 11 is 0. The highest BCUT2D eigenvalue weighted by molar-refractivity contribution is 6.24. The fourth-order valence-electron chi connectivity index (χ4n) is 6.92. The molecule has 1 heteroatoms. The molecule has 0 bridgehead atoms. The Kier molecular flexibility index (Phi) is 5.18. The normalized spacial score (nSPS) is 11.5. The standard InChI is InChI=1S/C42H24O/c1-2-15-28-27(13-1)14-11-23-31(28)40-33-19-5-7-21-35(33)41(36-22-8-6-20-34(36)40)32-18-4-3-16-29(32)37-24-12-25-38-30-17-9-10-26-39(30)43-42(37)38/h1-8,10-16,18-26H. The molecule has 0 fully saturated rings. The van der Waals surface area contributed by atoms with Crippen LogP contribution in [0.5, 0.6) is 0 Å². The van der Waals surface area contributed by atoms with Crippen LogP contribution in [0.1, 0.15) is 0 Å². The first kappa shape index (κ1) is 23.8. The van der Waals surface area contributed by atoms with Crippen molar-refractivity contribution < 1.29 is 4.42 Å². The van der Waals surface area contributed by atoms with E-state index < -0.39 is 0 Å². The molecule has 0 radical (unpaired) electrons. The maximum atomic E-state index is 6.47. The van der Waals surface area contributed by atoms with Crippen molar-refractivity contribution in [3.63, 3.8) is 0 Å². The Morgan fingerprint density at radius 3 is 1.65 bits per heavy atom. The fraction of sp³-hybridized carbons (Fsp3) is 0. The quantitative estimate of drug-likeness (QED) is 0.202. The summed E-state index contributed by atoms with van der Waals surface area (Å²) in [6, 6.07) is 58.3. The Bertz CT molecular complexity index is 2450. The second kappa shape index (κ2) is 9.35. The third-order valence-electron chi connectivity index (χ3n) is 8.74. The van der Waals surface area contributed by atoms with E-state index in [4.69, 9.17) is 4.42 Å². The molecule has 9 rings (SSSR count). The molecule has 9 aromatic rings. The molecule has 1 nitrogen and oxygen atoms in total. The van der Waals surface area contributed by atoms with Crippen LogP contribution in [-0.4, -0.2) is 0 Å². The van der Waals surface area contributed by atoms with Crippen molar-refractivity contribution in [3.05, 3.63) is 158 Å². The van der Waals surface area contributed by atoms with Gasteiger partial charge in [0.2, 0.25) is 0 Å². The van der Waals surface area contributed by atoms with Crippen LogP contribution in [0, 0.1) is 12.1 Å². The van der Waals surface area contributed by atoms with E-state index in [0.717, 1.165) is 33.1 Å². The minimum absolute atomic E-state index is 0.828. The molecular formula is C42H24O. The molecule has 8 aromatic carbocycles. The molecule has 0 saturated heterocycles. The molecular weight excluding hydrogens is 520 g/mol. The maximum Gasteiger partial charge on any atom is 0.144 e. The summed E-state index contributed by atoms with van der Waals surface area (Å²) in [6.07, 6.45) is 0. The number of hydrogen-bond donors (Lipinski definition) is 0. The summed E-state index contributed by atoms with van der Waals surface area (Å²) in [5.41, 5.74) is 8.87. The second-order valence-electron chi connectivity index (χ2n) is 11.0. The number of hydrogen-bond acceptors (Lipinski definition) is 1. The summed E-state index contributed by atoms with van der Waals surface area (Å²) in [5.74, 6) is 0. The van der Waals surface area contributed by atoms with Gasteiger partial charge in [-0.05, 0) is 78.3 Å². The lowest BCUT2D eigenvalue weighted by atomic mass is 9.83. The largest absolute Gasteiger partial charge is 0.455 e. The van der Waals surface area contributed by atoms with E-state index in [-0.39, 0.29) is 0 Å². The van der Waals surface area contributed by atoms with Gasteiger partial charge in [0, 0.05) is 10.9 Å². The first-order valence-electron chi connectivity index (χ1n) is 14.6. The van der Waals surface area contributed by atoms with Crippen LogP contribution in [0.4, 0.5) is 0 Å². The molecule has 198 valence electrons. The van der Waals surface area contributed by atoms with Crippen molar-refractivity contribution in [1.29, 1.82) is 0 Å². The molecule has 0 N–H and O–H groups in total. The molecule has 1 heterocycles. The third-order valence-corrected chi connectivity index (χ3v) is 8.74. The molecule has 43 heavy (non-hydrogen) atoms. The molecule has 0 unspecified atom stereocenters. The van der Waals surface area contributed by atoms with Crippen LogP contribution in [0.25, 0.3) is 87.6 Å². The molecule has 0 saturated carbocycles. The second-order valence-corrected chi connectivity index (χ2v) is 11.0. The van der Waals surface area contributed by atoms with Crippen molar-refractivity contribution >= 4 is 54.3 Å². The van der Waals surface area contributed by atoms with Gasteiger partial charge in [-0.25, -0.2) is 0 Å². The van der Waals surface area contributed by atoms with Gasteiger partial charge in [0.05, 0.1) is 5.39 Å². The van der Waals surface area contributed by atoms with Gasteiger partial charge in [0.1, 0.15) is 11.2 Å². The zero-order valence-electron chi connectivity index (χ0n) is 23.3. The van der Waals surface area contributed by atoms with Gasteiger partial charge in [-0.2, -0.15) is 0 Å². The van der Waals surface area contributed by atoms with Crippen molar-refractivity contribution in [2.24, 2.45) is 0 Å². The van der Waals surface area contributed by atoms with Crippen LogP contribution in [-0.2, 0) is 0 Å². The lowest BCUT2D eigenvalue weighted by Crippen LogP contribution is -1.93. The summed E-state index contributed by atoms with van der Waals surface area (Å²) in [7, 11) is 0. The summed E-state index contributed by atoms with van der Waals surface area (Å²) < 4.78 is 6.47. The first-order chi connectivity index (χ1) is 21.4. The van der Waals surface area contributed by atoms with Crippen molar-refractivity contribution in [1.82, 2.24) is 0 Å². The predicted octanol–water partition coefficient (Wildman–Crippen LogP) is 11.6. The maximum absolute atomic E-state index is 6.47. The Balaban J connectivity index is 1.40. The van der Waals surface area contributed by atoms with Gasteiger partial charge < -0.3 is 4.42 Å².